The van der Waals surface area contributed by atoms with Crippen LogP contribution in [0.1, 0.15) is 38.3 Å². The first-order valence-electron chi connectivity index (χ1n) is 6.21. The van der Waals surface area contributed by atoms with Gasteiger partial charge in [-0.3, -0.25) is 0 Å². The Labute approximate surface area is 104 Å². The monoisotopic (exact) mass is 237 g/mol. The molecule has 1 rings (SSSR count). The molecule has 0 amide bonds. The summed E-state index contributed by atoms with van der Waals surface area (Å²) in [4.78, 5) is 0. The van der Waals surface area contributed by atoms with Crippen molar-refractivity contribution < 1.29 is 9.84 Å². The molecule has 3 nitrogen and oxygen atoms in total. The van der Waals surface area contributed by atoms with Crippen LogP contribution in [0.3, 0.4) is 0 Å². The van der Waals surface area contributed by atoms with Crippen LogP contribution >= 0.6 is 0 Å². The smallest absolute Gasteiger partial charge is 0.115 e. The molecule has 0 saturated carbocycles. The van der Waals surface area contributed by atoms with E-state index in [1.807, 2.05) is 12.1 Å². The van der Waals surface area contributed by atoms with Gasteiger partial charge in [-0.15, -0.1) is 0 Å². The van der Waals surface area contributed by atoms with E-state index in [0.29, 0.717) is 17.8 Å². The van der Waals surface area contributed by atoms with Crippen molar-refractivity contribution in [2.75, 3.05) is 13.7 Å². The number of phenolic OH excluding ortho intramolecular Hbond substituents is 1. The molecular formula is C14H23NO2. The first kappa shape index (κ1) is 14.0. The third-order valence-electron chi connectivity index (χ3n) is 2.94. The van der Waals surface area contributed by atoms with Crippen LogP contribution in [0.4, 0.5) is 0 Å². The van der Waals surface area contributed by atoms with Gasteiger partial charge in [0.05, 0.1) is 0 Å². The average molecular weight is 237 g/mol. The zero-order chi connectivity index (χ0) is 12.7. The van der Waals surface area contributed by atoms with E-state index in [1.54, 1.807) is 19.2 Å². The number of nitrogens with one attached hydrogen (secondary N) is 1. The molecule has 2 atom stereocenters. The van der Waals surface area contributed by atoms with Crippen LogP contribution in [0.5, 0.6) is 5.75 Å². The molecular weight excluding hydrogens is 214 g/mol. The Morgan fingerprint density at radius 2 is 1.94 bits per heavy atom. The van der Waals surface area contributed by atoms with Crippen molar-refractivity contribution in [3.05, 3.63) is 29.8 Å². The molecule has 1 aromatic rings. The fraction of sp³-hybridized carbons (Fsp3) is 0.571. The minimum Gasteiger partial charge on any atom is -0.508 e. The fourth-order valence-electron chi connectivity index (χ4n) is 1.88. The number of hydrogen-bond donors (Lipinski definition) is 2. The summed E-state index contributed by atoms with van der Waals surface area (Å²) in [5.74, 6) is 0.316. The lowest BCUT2D eigenvalue weighted by Gasteiger charge is -2.22. The van der Waals surface area contributed by atoms with Gasteiger partial charge in [-0.25, -0.2) is 0 Å². The Hall–Kier alpha value is -1.06. The first-order valence-corrected chi connectivity index (χ1v) is 6.21. The Kier molecular flexibility index (Phi) is 6.01. The summed E-state index contributed by atoms with van der Waals surface area (Å²) in [6, 6.07) is 8.18. The van der Waals surface area contributed by atoms with Crippen LogP contribution in [-0.2, 0) is 4.74 Å². The van der Waals surface area contributed by atoms with E-state index in [4.69, 9.17) is 4.74 Å². The summed E-state index contributed by atoms with van der Waals surface area (Å²) in [7, 11) is 1.73. The van der Waals surface area contributed by atoms with Gasteiger partial charge < -0.3 is 15.2 Å². The first-order chi connectivity index (χ1) is 8.17. The highest BCUT2D eigenvalue weighted by Gasteiger charge is 2.12. The highest BCUT2D eigenvalue weighted by Crippen LogP contribution is 2.20. The van der Waals surface area contributed by atoms with Gasteiger partial charge in [0, 0.05) is 25.8 Å². The lowest BCUT2D eigenvalue weighted by Crippen LogP contribution is -2.31. The van der Waals surface area contributed by atoms with E-state index in [1.165, 1.54) is 5.56 Å². The quantitative estimate of drug-likeness (QED) is 0.766. The van der Waals surface area contributed by atoms with Crippen molar-refractivity contribution in [1.82, 2.24) is 5.32 Å². The van der Waals surface area contributed by atoms with Gasteiger partial charge in [-0.2, -0.15) is 0 Å². The predicted octanol–water partition coefficient (Wildman–Crippen LogP) is 2.86. The Morgan fingerprint density at radius 3 is 2.47 bits per heavy atom. The van der Waals surface area contributed by atoms with Crippen LogP contribution in [0.15, 0.2) is 24.3 Å². The molecule has 2 unspecified atom stereocenters. The molecule has 2 N–H and O–H groups in total. The number of methoxy groups -OCH3 is 1. The molecule has 1 aromatic carbocycles. The lowest BCUT2D eigenvalue weighted by atomic mass is 10.0. The second kappa shape index (κ2) is 7.30. The second-order valence-electron chi connectivity index (χ2n) is 4.40. The lowest BCUT2D eigenvalue weighted by molar-refractivity contribution is 0.182. The van der Waals surface area contributed by atoms with E-state index >= 15 is 0 Å². The summed E-state index contributed by atoms with van der Waals surface area (Å²) < 4.78 is 5.08. The molecule has 0 radical (unpaired) electrons. The van der Waals surface area contributed by atoms with E-state index in [-0.39, 0.29) is 0 Å². The number of benzene rings is 1. The molecule has 96 valence electrons. The van der Waals surface area contributed by atoms with Crippen LogP contribution in [0, 0.1) is 0 Å². The second-order valence-corrected chi connectivity index (χ2v) is 4.40. The molecule has 0 aromatic heterocycles. The summed E-state index contributed by atoms with van der Waals surface area (Å²) in [5.41, 5.74) is 1.22. The molecule has 0 spiro atoms. The SMILES string of the molecule is CCC(NC(C)CCOC)c1ccc(O)cc1. The summed E-state index contributed by atoms with van der Waals surface area (Å²) in [6.07, 6.45) is 2.03. The van der Waals surface area contributed by atoms with E-state index in [2.05, 4.69) is 19.2 Å². The summed E-state index contributed by atoms with van der Waals surface area (Å²) in [5, 5.41) is 12.8. The van der Waals surface area contributed by atoms with Crippen molar-refractivity contribution in [3.8, 4) is 5.75 Å². The molecule has 0 aliphatic rings. The third-order valence-corrected chi connectivity index (χ3v) is 2.94. The van der Waals surface area contributed by atoms with Crippen molar-refractivity contribution >= 4 is 0 Å². The van der Waals surface area contributed by atoms with Crippen molar-refractivity contribution in [3.63, 3.8) is 0 Å². The Balaban J connectivity index is 2.56. The Morgan fingerprint density at radius 1 is 1.29 bits per heavy atom. The number of phenols is 1. The van der Waals surface area contributed by atoms with Crippen molar-refractivity contribution in [1.29, 1.82) is 0 Å². The highest BCUT2D eigenvalue weighted by molar-refractivity contribution is 5.28. The van der Waals surface area contributed by atoms with Gasteiger partial charge >= 0.3 is 0 Å². The molecule has 0 fully saturated rings. The van der Waals surface area contributed by atoms with Gasteiger partial charge in [0.1, 0.15) is 5.75 Å². The van der Waals surface area contributed by atoms with E-state index < -0.39 is 0 Å². The van der Waals surface area contributed by atoms with Crippen LogP contribution < -0.4 is 5.32 Å². The number of aromatic hydroxyl groups is 1. The molecule has 0 saturated heterocycles. The van der Waals surface area contributed by atoms with Crippen LogP contribution in [0.2, 0.25) is 0 Å². The van der Waals surface area contributed by atoms with Gasteiger partial charge in [0.25, 0.3) is 0 Å². The normalized spacial score (nSPS) is 14.5. The maximum absolute atomic E-state index is 9.27. The topological polar surface area (TPSA) is 41.5 Å². The van der Waals surface area contributed by atoms with Crippen molar-refractivity contribution in [2.24, 2.45) is 0 Å². The molecule has 3 heteroatoms. The maximum atomic E-state index is 9.27. The Bertz CT molecular complexity index is 311. The number of hydrogen-bond acceptors (Lipinski definition) is 3. The predicted molar refractivity (Wildman–Crippen MR) is 70.2 cm³/mol. The largest absolute Gasteiger partial charge is 0.508 e. The average Bonchev–Trinajstić information content (AvgIpc) is 2.34. The number of ether oxygens (including phenoxy) is 1. The highest BCUT2D eigenvalue weighted by atomic mass is 16.5. The molecule has 0 bridgehead atoms. The van der Waals surface area contributed by atoms with Gasteiger partial charge in [-0.05, 0) is 37.5 Å². The molecule has 0 aliphatic carbocycles. The number of rotatable bonds is 7. The maximum Gasteiger partial charge on any atom is 0.115 e. The van der Waals surface area contributed by atoms with Gasteiger partial charge in [0.2, 0.25) is 0 Å². The van der Waals surface area contributed by atoms with E-state index in [9.17, 15) is 5.11 Å². The van der Waals surface area contributed by atoms with Gasteiger partial charge in [0.15, 0.2) is 0 Å². The standard InChI is InChI=1S/C14H23NO2/c1-4-14(15-11(2)9-10-17-3)12-5-7-13(16)8-6-12/h5-8,11,14-16H,4,9-10H2,1-3H3. The fourth-order valence-corrected chi connectivity index (χ4v) is 1.88. The summed E-state index contributed by atoms with van der Waals surface area (Å²) in [6.45, 7) is 5.11. The van der Waals surface area contributed by atoms with Crippen molar-refractivity contribution in [2.45, 2.75) is 38.8 Å². The molecule has 0 heterocycles. The van der Waals surface area contributed by atoms with E-state index in [0.717, 1.165) is 19.4 Å². The van der Waals surface area contributed by atoms with Crippen LogP contribution in [-0.4, -0.2) is 24.9 Å². The minimum absolute atomic E-state index is 0.316. The summed E-state index contributed by atoms with van der Waals surface area (Å²) >= 11 is 0. The van der Waals surface area contributed by atoms with Crippen LogP contribution in [0.25, 0.3) is 0 Å². The third kappa shape index (κ3) is 4.75. The molecule has 0 aliphatic heterocycles. The zero-order valence-corrected chi connectivity index (χ0v) is 10.9. The zero-order valence-electron chi connectivity index (χ0n) is 10.9. The van der Waals surface area contributed by atoms with Gasteiger partial charge in [-0.1, -0.05) is 19.1 Å². The molecule has 17 heavy (non-hydrogen) atoms. The minimum atomic E-state index is 0.316.